The Balaban J connectivity index is 1.57. The van der Waals surface area contributed by atoms with E-state index in [1.807, 2.05) is 0 Å². The Labute approximate surface area is 158 Å². The van der Waals surface area contributed by atoms with Crippen molar-refractivity contribution in [2.75, 3.05) is 0 Å². The van der Waals surface area contributed by atoms with E-state index in [0.717, 1.165) is 4.57 Å². The van der Waals surface area contributed by atoms with E-state index in [2.05, 4.69) is 4.98 Å². The van der Waals surface area contributed by atoms with Gasteiger partial charge in [0, 0.05) is 6.42 Å². The normalized spacial score (nSPS) is 17.3. The molecule has 3 aromatic rings. The van der Waals surface area contributed by atoms with Gasteiger partial charge in [0.2, 0.25) is 6.10 Å². The SMILES string of the molecule is CC(OC(=O)C1Cc2ccccc2C(=O)O1)c1nc2ccccc2n1C(F)F. The second kappa shape index (κ2) is 7.03. The molecule has 1 aromatic heterocycles. The van der Waals surface area contributed by atoms with E-state index in [4.69, 9.17) is 9.47 Å². The summed E-state index contributed by atoms with van der Waals surface area (Å²) >= 11 is 0. The van der Waals surface area contributed by atoms with Gasteiger partial charge in [0.25, 0.3) is 0 Å². The Morgan fingerprint density at radius 2 is 1.93 bits per heavy atom. The summed E-state index contributed by atoms with van der Waals surface area (Å²) in [5.41, 5.74) is 1.69. The van der Waals surface area contributed by atoms with Gasteiger partial charge in [-0.3, -0.25) is 4.57 Å². The zero-order valence-electron chi connectivity index (χ0n) is 14.8. The monoisotopic (exact) mass is 386 g/mol. The van der Waals surface area contributed by atoms with Gasteiger partial charge >= 0.3 is 18.5 Å². The lowest BCUT2D eigenvalue weighted by molar-refractivity contribution is -0.160. The number of nitrogens with zero attached hydrogens (tertiary/aromatic N) is 2. The van der Waals surface area contributed by atoms with Crippen LogP contribution < -0.4 is 0 Å². The summed E-state index contributed by atoms with van der Waals surface area (Å²) in [5, 5.41) is 0. The van der Waals surface area contributed by atoms with Crippen molar-refractivity contribution < 1.29 is 27.8 Å². The lowest BCUT2D eigenvalue weighted by atomic mass is 9.99. The van der Waals surface area contributed by atoms with Crippen LogP contribution in [0.4, 0.5) is 8.78 Å². The average Bonchev–Trinajstić information content (AvgIpc) is 3.08. The second-order valence-corrected chi connectivity index (χ2v) is 6.44. The molecule has 1 aliphatic rings. The number of carbonyl (C=O) groups is 2. The fourth-order valence-electron chi connectivity index (χ4n) is 3.32. The Morgan fingerprint density at radius 3 is 2.71 bits per heavy atom. The van der Waals surface area contributed by atoms with Crippen LogP contribution in [0.5, 0.6) is 0 Å². The van der Waals surface area contributed by atoms with Gasteiger partial charge < -0.3 is 9.47 Å². The molecule has 0 aliphatic carbocycles. The number of hydrogen-bond acceptors (Lipinski definition) is 5. The van der Waals surface area contributed by atoms with E-state index >= 15 is 0 Å². The van der Waals surface area contributed by atoms with Crippen LogP contribution in [0, 0.1) is 0 Å². The van der Waals surface area contributed by atoms with Crippen LogP contribution in [0.1, 0.15) is 41.3 Å². The topological polar surface area (TPSA) is 70.4 Å². The maximum absolute atomic E-state index is 13.6. The standard InChI is InChI=1S/C20H16F2N2O4/c1-11(17-23-14-8-4-5-9-15(14)24(17)20(21)22)27-19(26)16-10-12-6-2-3-7-13(12)18(25)28-16/h2-9,11,16,20H,10H2,1H3. The summed E-state index contributed by atoms with van der Waals surface area (Å²) in [4.78, 5) is 28.8. The first-order chi connectivity index (χ1) is 13.5. The van der Waals surface area contributed by atoms with E-state index < -0.39 is 30.7 Å². The highest BCUT2D eigenvalue weighted by molar-refractivity contribution is 5.94. The smallest absolute Gasteiger partial charge is 0.348 e. The summed E-state index contributed by atoms with van der Waals surface area (Å²) in [6.07, 6.45) is -2.02. The number of carbonyl (C=O) groups excluding carboxylic acids is 2. The maximum Gasteiger partial charge on any atom is 0.348 e. The van der Waals surface area contributed by atoms with Gasteiger partial charge in [-0.15, -0.1) is 0 Å². The number of hydrogen-bond donors (Lipinski definition) is 0. The highest BCUT2D eigenvalue weighted by Gasteiger charge is 2.34. The minimum Gasteiger partial charge on any atom is -0.452 e. The van der Waals surface area contributed by atoms with Gasteiger partial charge in [-0.25, -0.2) is 14.6 Å². The Morgan fingerprint density at radius 1 is 1.21 bits per heavy atom. The second-order valence-electron chi connectivity index (χ2n) is 6.44. The Kier molecular flexibility index (Phi) is 4.54. The summed E-state index contributed by atoms with van der Waals surface area (Å²) in [5.74, 6) is -1.49. The number of halogens is 2. The quantitative estimate of drug-likeness (QED) is 0.638. The van der Waals surface area contributed by atoms with Crippen molar-refractivity contribution in [1.29, 1.82) is 0 Å². The van der Waals surface area contributed by atoms with E-state index in [0.29, 0.717) is 16.6 Å². The number of cyclic esters (lactones) is 1. The van der Waals surface area contributed by atoms with Crippen LogP contribution in [0.15, 0.2) is 48.5 Å². The van der Waals surface area contributed by atoms with Crippen LogP contribution in [-0.4, -0.2) is 27.6 Å². The first-order valence-corrected chi connectivity index (χ1v) is 8.70. The van der Waals surface area contributed by atoms with E-state index in [1.54, 1.807) is 42.5 Å². The fraction of sp³-hybridized carbons (Fsp3) is 0.250. The lowest BCUT2D eigenvalue weighted by Crippen LogP contribution is -2.36. The number of benzene rings is 2. The van der Waals surface area contributed by atoms with E-state index in [9.17, 15) is 18.4 Å². The van der Waals surface area contributed by atoms with Gasteiger partial charge in [0.05, 0.1) is 16.6 Å². The largest absolute Gasteiger partial charge is 0.452 e. The first kappa shape index (κ1) is 18.1. The number of para-hydroxylation sites is 2. The third kappa shape index (κ3) is 3.11. The fourth-order valence-corrected chi connectivity index (χ4v) is 3.32. The molecule has 4 rings (SSSR count). The molecular weight excluding hydrogens is 370 g/mol. The predicted octanol–water partition coefficient (Wildman–Crippen LogP) is 3.82. The third-order valence-electron chi connectivity index (χ3n) is 4.63. The van der Waals surface area contributed by atoms with Gasteiger partial charge in [-0.2, -0.15) is 8.78 Å². The summed E-state index contributed by atoms with van der Waals surface area (Å²) in [6.45, 7) is -1.39. The van der Waals surface area contributed by atoms with Gasteiger partial charge in [-0.05, 0) is 30.7 Å². The average molecular weight is 386 g/mol. The molecule has 1 aliphatic heterocycles. The van der Waals surface area contributed by atoms with Gasteiger partial charge in [0.1, 0.15) is 0 Å². The van der Waals surface area contributed by atoms with Crippen molar-refractivity contribution in [3.05, 3.63) is 65.5 Å². The van der Waals surface area contributed by atoms with Gasteiger partial charge in [0.15, 0.2) is 11.9 Å². The third-order valence-corrected chi connectivity index (χ3v) is 4.63. The molecule has 0 N–H and O–H groups in total. The van der Waals surface area contributed by atoms with Crippen LogP contribution in [0.2, 0.25) is 0 Å². The van der Waals surface area contributed by atoms with Crippen LogP contribution in [-0.2, 0) is 20.7 Å². The molecule has 2 unspecified atom stereocenters. The molecule has 0 spiro atoms. The molecule has 0 radical (unpaired) electrons. The lowest BCUT2D eigenvalue weighted by Gasteiger charge is -2.24. The van der Waals surface area contributed by atoms with E-state index in [1.165, 1.54) is 13.0 Å². The highest BCUT2D eigenvalue weighted by Crippen LogP contribution is 2.29. The minimum absolute atomic E-state index is 0.0768. The molecule has 0 amide bonds. The number of aromatic nitrogens is 2. The number of esters is 2. The molecule has 2 aromatic carbocycles. The Bertz CT molecular complexity index is 1060. The summed E-state index contributed by atoms with van der Waals surface area (Å²) < 4.78 is 38.4. The molecule has 6 nitrogen and oxygen atoms in total. The van der Waals surface area contributed by atoms with Crippen molar-refractivity contribution in [2.45, 2.75) is 32.1 Å². The van der Waals surface area contributed by atoms with Crippen LogP contribution in [0.3, 0.4) is 0 Å². The maximum atomic E-state index is 13.6. The number of imidazole rings is 1. The predicted molar refractivity (Wildman–Crippen MR) is 94.8 cm³/mol. The molecule has 2 heterocycles. The van der Waals surface area contributed by atoms with Crippen LogP contribution in [0.25, 0.3) is 11.0 Å². The molecule has 8 heteroatoms. The summed E-state index contributed by atoms with van der Waals surface area (Å²) in [6, 6.07) is 13.2. The molecule has 0 bridgehead atoms. The highest BCUT2D eigenvalue weighted by atomic mass is 19.3. The molecule has 2 atom stereocenters. The molecule has 0 fully saturated rings. The van der Waals surface area contributed by atoms with Crippen molar-refractivity contribution in [3.63, 3.8) is 0 Å². The summed E-state index contributed by atoms with van der Waals surface area (Å²) in [7, 11) is 0. The molecule has 144 valence electrons. The number of alkyl halides is 2. The molecule has 0 saturated carbocycles. The van der Waals surface area contributed by atoms with E-state index in [-0.39, 0.29) is 17.8 Å². The van der Waals surface area contributed by atoms with Crippen molar-refractivity contribution in [1.82, 2.24) is 9.55 Å². The van der Waals surface area contributed by atoms with Crippen molar-refractivity contribution in [2.24, 2.45) is 0 Å². The number of fused-ring (bicyclic) bond motifs is 2. The molecular formula is C20H16F2N2O4. The molecule has 28 heavy (non-hydrogen) atoms. The Hall–Kier alpha value is -3.29. The van der Waals surface area contributed by atoms with Gasteiger partial charge in [-0.1, -0.05) is 30.3 Å². The zero-order chi connectivity index (χ0) is 19.8. The van der Waals surface area contributed by atoms with Crippen molar-refractivity contribution >= 4 is 23.0 Å². The number of rotatable bonds is 4. The zero-order valence-corrected chi connectivity index (χ0v) is 14.8. The van der Waals surface area contributed by atoms with Crippen molar-refractivity contribution in [3.8, 4) is 0 Å². The molecule has 0 saturated heterocycles. The van der Waals surface area contributed by atoms with Crippen LogP contribution >= 0.6 is 0 Å². The minimum atomic E-state index is -2.84. The number of ether oxygens (including phenoxy) is 2. The first-order valence-electron chi connectivity index (χ1n) is 8.70.